The molecule has 2 aromatic carbocycles. The first-order valence-electron chi connectivity index (χ1n) is 7.94. The van der Waals surface area contributed by atoms with E-state index in [0.717, 1.165) is 25.1 Å². The van der Waals surface area contributed by atoms with Gasteiger partial charge in [0, 0.05) is 19.5 Å². The highest BCUT2D eigenvalue weighted by molar-refractivity contribution is 5.77. The monoisotopic (exact) mass is 310 g/mol. The molecule has 4 nitrogen and oxygen atoms in total. The number of benzene rings is 2. The van der Waals surface area contributed by atoms with Crippen LogP contribution in [0.2, 0.25) is 0 Å². The quantitative estimate of drug-likeness (QED) is 0.884. The number of carbonyl (C=O) groups is 1. The number of hydrogen-bond donors (Lipinski definition) is 1. The van der Waals surface area contributed by atoms with Crippen LogP contribution in [0.3, 0.4) is 0 Å². The van der Waals surface area contributed by atoms with Gasteiger partial charge in [0.15, 0.2) is 0 Å². The standard InChI is InChI=1S/C19H22N2O2/c1-23-18-8-6-14(12-17(18)20)7-9-19(22)21-11-10-15-4-2-3-5-16(15)13-21/h2-6,8,12H,7,9-11,13,20H2,1H3. The minimum absolute atomic E-state index is 0.203. The van der Waals surface area contributed by atoms with Gasteiger partial charge in [-0.05, 0) is 41.7 Å². The van der Waals surface area contributed by atoms with E-state index < -0.39 is 0 Å². The Labute approximate surface area is 136 Å². The predicted molar refractivity (Wildman–Crippen MR) is 91.3 cm³/mol. The number of carbonyl (C=O) groups excluding carboxylic acids is 1. The van der Waals surface area contributed by atoms with Crippen LogP contribution in [0, 0.1) is 0 Å². The summed E-state index contributed by atoms with van der Waals surface area (Å²) in [5.74, 6) is 0.876. The van der Waals surface area contributed by atoms with E-state index in [1.54, 1.807) is 7.11 Å². The molecule has 1 amide bonds. The third-order valence-electron chi connectivity index (χ3n) is 4.41. The fourth-order valence-electron chi connectivity index (χ4n) is 3.06. The third kappa shape index (κ3) is 3.47. The van der Waals surface area contributed by atoms with E-state index in [2.05, 4.69) is 18.2 Å². The Bertz CT molecular complexity index is 712. The lowest BCUT2D eigenvalue weighted by Gasteiger charge is -2.29. The summed E-state index contributed by atoms with van der Waals surface area (Å²) in [6.45, 7) is 1.53. The summed E-state index contributed by atoms with van der Waals surface area (Å²) in [6.07, 6.45) is 2.15. The van der Waals surface area contributed by atoms with Gasteiger partial charge in [-0.3, -0.25) is 4.79 Å². The number of nitrogen functional groups attached to an aromatic ring is 1. The average molecular weight is 310 g/mol. The number of nitrogens with zero attached hydrogens (tertiary/aromatic N) is 1. The Morgan fingerprint density at radius 3 is 2.74 bits per heavy atom. The van der Waals surface area contributed by atoms with Crippen LogP contribution in [-0.4, -0.2) is 24.5 Å². The first kappa shape index (κ1) is 15.4. The van der Waals surface area contributed by atoms with Crippen molar-refractivity contribution in [2.24, 2.45) is 0 Å². The minimum Gasteiger partial charge on any atom is -0.495 e. The first-order valence-corrected chi connectivity index (χ1v) is 7.94. The van der Waals surface area contributed by atoms with Gasteiger partial charge in [0.2, 0.25) is 5.91 Å². The number of ether oxygens (including phenoxy) is 1. The molecule has 0 saturated carbocycles. The lowest BCUT2D eigenvalue weighted by atomic mass is 9.99. The van der Waals surface area contributed by atoms with Crippen molar-refractivity contribution >= 4 is 11.6 Å². The van der Waals surface area contributed by atoms with Crippen molar-refractivity contribution in [3.8, 4) is 5.75 Å². The summed E-state index contributed by atoms with van der Waals surface area (Å²) in [7, 11) is 1.60. The van der Waals surface area contributed by atoms with Gasteiger partial charge < -0.3 is 15.4 Å². The van der Waals surface area contributed by atoms with E-state index in [0.29, 0.717) is 24.3 Å². The maximum Gasteiger partial charge on any atom is 0.223 e. The summed E-state index contributed by atoms with van der Waals surface area (Å²) < 4.78 is 5.15. The molecule has 1 heterocycles. The second-order valence-corrected chi connectivity index (χ2v) is 5.91. The predicted octanol–water partition coefficient (Wildman–Crippen LogP) is 2.79. The molecule has 1 aliphatic rings. The molecule has 3 rings (SSSR count). The largest absolute Gasteiger partial charge is 0.495 e. The van der Waals surface area contributed by atoms with E-state index >= 15 is 0 Å². The van der Waals surface area contributed by atoms with Crippen molar-refractivity contribution in [3.05, 3.63) is 59.2 Å². The number of rotatable bonds is 4. The van der Waals surface area contributed by atoms with Crippen molar-refractivity contribution in [1.82, 2.24) is 4.90 Å². The highest BCUT2D eigenvalue weighted by Crippen LogP contribution is 2.23. The Balaban J connectivity index is 1.59. The lowest BCUT2D eigenvalue weighted by molar-refractivity contribution is -0.132. The van der Waals surface area contributed by atoms with E-state index in [4.69, 9.17) is 10.5 Å². The number of hydrogen-bond acceptors (Lipinski definition) is 3. The number of methoxy groups -OCH3 is 1. The molecule has 0 atom stereocenters. The Hall–Kier alpha value is -2.49. The fourth-order valence-corrected chi connectivity index (χ4v) is 3.06. The van der Waals surface area contributed by atoms with Crippen LogP contribution in [0.4, 0.5) is 5.69 Å². The molecule has 0 aromatic heterocycles. The number of nitrogens with two attached hydrogens (primary N) is 1. The van der Waals surface area contributed by atoms with E-state index in [1.807, 2.05) is 29.2 Å². The third-order valence-corrected chi connectivity index (χ3v) is 4.41. The van der Waals surface area contributed by atoms with E-state index in [-0.39, 0.29) is 5.91 Å². The molecule has 0 aliphatic carbocycles. The van der Waals surface area contributed by atoms with Gasteiger partial charge in [-0.25, -0.2) is 0 Å². The van der Waals surface area contributed by atoms with Crippen molar-refractivity contribution in [2.45, 2.75) is 25.8 Å². The molecule has 23 heavy (non-hydrogen) atoms. The topological polar surface area (TPSA) is 55.6 Å². The molecule has 2 aromatic rings. The van der Waals surface area contributed by atoms with Crippen LogP contribution >= 0.6 is 0 Å². The first-order chi connectivity index (χ1) is 11.2. The second kappa shape index (κ2) is 6.73. The molecule has 0 spiro atoms. The van der Waals surface area contributed by atoms with Crippen LogP contribution < -0.4 is 10.5 Å². The molecule has 4 heteroatoms. The lowest BCUT2D eigenvalue weighted by Crippen LogP contribution is -2.36. The molecule has 0 radical (unpaired) electrons. The molecule has 1 aliphatic heterocycles. The zero-order valence-electron chi connectivity index (χ0n) is 13.4. The van der Waals surface area contributed by atoms with Gasteiger partial charge in [-0.1, -0.05) is 30.3 Å². The summed E-state index contributed by atoms with van der Waals surface area (Å²) in [4.78, 5) is 14.4. The van der Waals surface area contributed by atoms with Gasteiger partial charge in [0.25, 0.3) is 0 Å². The van der Waals surface area contributed by atoms with Gasteiger partial charge in [0.1, 0.15) is 5.75 Å². The SMILES string of the molecule is COc1ccc(CCC(=O)N2CCc3ccccc3C2)cc1N. The maximum atomic E-state index is 12.5. The van der Waals surface area contributed by atoms with Crippen molar-refractivity contribution < 1.29 is 9.53 Å². The molecular formula is C19H22N2O2. The van der Waals surface area contributed by atoms with Gasteiger partial charge in [0.05, 0.1) is 12.8 Å². The number of anilines is 1. The van der Waals surface area contributed by atoms with Crippen LogP contribution in [0.5, 0.6) is 5.75 Å². The molecule has 0 unspecified atom stereocenters. The molecule has 120 valence electrons. The highest BCUT2D eigenvalue weighted by Gasteiger charge is 2.19. The Kier molecular flexibility index (Phi) is 4.51. The van der Waals surface area contributed by atoms with Crippen LogP contribution in [0.25, 0.3) is 0 Å². The van der Waals surface area contributed by atoms with Crippen molar-refractivity contribution in [3.63, 3.8) is 0 Å². The summed E-state index contributed by atoms with van der Waals surface area (Å²) in [5.41, 5.74) is 10.2. The minimum atomic E-state index is 0.203. The molecule has 0 bridgehead atoms. The normalized spacial score (nSPS) is 13.5. The van der Waals surface area contributed by atoms with E-state index in [9.17, 15) is 4.79 Å². The van der Waals surface area contributed by atoms with Crippen LogP contribution in [0.1, 0.15) is 23.1 Å². The number of aryl methyl sites for hydroxylation is 1. The van der Waals surface area contributed by atoms with Crippen LogP contribution in [0.15, 0.2) is 42.5 Å². The van der Waals surface area contributed by atoms with Crippen LogP contribution in [-0.2, 0) is 24.2 Å². The number of amides is 1. The van der Waals surface area contributed by atoms with Crippen molar-refractivity contribution in [1.29, 1.82) is 0 Å². The smallest absolute Gasteiger partial charge is 0.223 e. The highest BCUT2D eigenvalue weighted by atomic mass is 16.5. The van der Waals surface area contributed by atoms with Gasteiger partial charge in [-0.15, -0.1) is 0 Å². The average Bonchev–Trinajstić information content (AvgIpc) is 2.59. The second-order valence-electron chi connectivity index (χ2n) is 5.91. The fraction of sp³-hybridized carbons (Fsp3) is 0.316. The molecular weight excluding hydrogens is 288 g/mol. The van der Waals surface area contributed by atoms with Gasteiger partial charge in [-0.2, -0.15) is 0 Å². The van der Waals surface area contributed by atoms with E-state index in [1.165, 1.54) is 11.1 Å². The maximum absolute atomic E-state index is 12.5. The Morgan fingerprint density at radius 1 is 1.22 bits per heavy atom. The summed E-state index contributed by atoms with van der Waals surface area (Å²) in [5, 5.41) is 0. The van der Waals surface area contributed by atoms with Crippen molar-refractivity contribution in [2.75, 3.05) is 19.4 Å². The molecule has 2 N–H and O–H groups in total. The zero-order chi connectivity index (χ0) is 16.2. The summed E-state index contributed by atoms with van der Waals surface area (Å²) in [6, 6.07) is 14.1. The summed E-state index contributed by atoms with van der Waals surface area (Å²) >= 11 is 0. The van der Waals surface area contributed by atoms with Gasteiger partial charge >= 0.3 is 0 Å². The zero-order valence-corrected chi connectivity index (χ0v) is 13.4. The number of fused-ring (bicyclic) bond motifs is 1. The Morgan fingerprint density at radius 2 is 2.00 bits per heavy atom. The molecule has 0 fully saturated rings. The molecule has 0 saturated heterocycles.